The highest BCUT2D eigenvalue weighted by atomic mass is 16.5. The molecule has 20 heavy (non-hydrogen) atoms. The monoisotopic (exact) mass is 276 g/mol. The van der Waals surface area contributed by atoms with Crippen LogP contribution in [0.2, 0.25) is 0 Å². The number of anilines is 1. The number of hydrogen-bond donors (Lipinski definition) is 2. The maximum Gasteiger partial charge on any atom is 0.258 e. The van der Waals surface area contributed by atoms with Crippen molar-refractivity contribution in [2.24, 2.45) is 11.8 Å². The first kappa shape index (κ1) is 14.7. The second kappa shape index (κ2) is 6.64. The third-order valence-corrected chi connectivity index (χ3v) is 4.33. The second-order valence-electron chi connectivity index (χ2n) is 5.64. The summed E-state index contributed by atoms with van der Waals surface area (Å²) in [6.07, 6.45) is 3.47. The van der Waals surface area contributed by atoms with Crippen LogP contribution in [0.4, 0.5) is 5.69 Å². The van der Waals surface area contributed by atoms with Gasteiger partial charge in [-0.2, -0.15) is 0 Å². The first-order valence-electron chi connectivity index (χ1n) is 7.38. The van der Waals surface area contributed by atoms with Gasteiger partial charge in [-0.25, -0.2) is 0 Å². The Balaban J connectivity index is 1.79. The van der Waals surface area contributed by atoms with Crippen molar-refractivity contribution in [1.82, 2.24) is 5.32 Å². The van der Waals surface area contributed by atoms with Crippen LogP contribution in [0, 0.1) is 11.8 Å². The molecular weight excluding hydrogens is 252 g/mol. The molecule has 110 valence electrons. The van der Waals surface area contributed by atoms with Gasteiger partial charge in [-0.05, 0) is 36.8 Å². The zero-order chi connectivity index (χ0) is 14.5. The van der Waals surface area contributed by atoms with Gasteiger partial charge in [-0.1, -0.05) is 26.3 Å². The third kappa shape index (κ3) is 3.65. The Bertz CT molecular complexity index is 462. The van der Waals surface area contributed by atoms with Gasteiger partial charge in [0.15, 0.2) is 6.61 Å². The van der Waals surface area contributed by atoms with E-state index in [-0.39, 0.29) is 18.6 Å². The fourth-order valence-corrected chi connectivity index (χ4v) is 3.03. The predicted octanol–water partition coefficient (Wildman–Crippen LogP) is 2.59. The highest BCUT2D eigenvalue weighted by Gasteiger charge is 2.32. The van der Waals surface area contributed by atoms with Crippen molar-refractivity contribution in [3.63, 3.8) is 0 Å². The van der Waals surface area contributed by atoms with Crippen LogP contribution < -0.4 is 15.8 Å². The lowest BCUT2D eigenvalue weighted by Crippen LogP contribution is -2.40. The van der Waals surface area contributed by atoms with Crippen LogP contribution in [0.1, 0.15) is 33.1 Å². The van der Waals surface area contributed by atoms with Gasteiger partial charge in [0, 0.05) is 17.8 Å². The number of hydrogen-bond acceptors (Lipinski definition) is 3. The van der Waals surface area contributed by atoms with Gasteiger partial charge >= 0.3 is 0 Å². The van der Waals surface area contributed by atoms with E-state index in [9.17, 15) is 4.79 Å². The number of amides is 1. The summed E-state index contributed by atoms with van der Waals surface area (Å²) < 4.78 is 5.46. The lowest BCUT2D eigenvalue weighted by molar-refractivity contribution is -0.124. The maximum absolute atomic E-state index is 11.9. The summed E-state index contributed by atoms with van der Waals surface area (Å²) >= 11 is 0. The minimum Gasteiger partial charge on any atom is -0.484 e. The number of rotatable bonds is 5. The van der Waals surface area contributed by atoms with Crippen LogP contribution in [0.5, 0.6) is 5.75 Å². The number of nitrogens with one attached hydrogen (secondary N) is 1. The molecule has 1 aliphatic rings. The average molecular weight is 276 g/mol. The van der Waals surface area contributed by atoms with Crippen molar-refractivity contribution in [3.05, 3.63) is 24.3 Å². The molecule has 1 fully saturated rings. The van der Waals surface area contributed by atoms with E-state index in [4.69, 9.17) is 10.5 Å². The Morgan fingerprint density at radius 2 is 2.25 bits per heavy atom. The summed E-state index contributed by atoms with van der Waals surface area (Å²) in [6, 6.07) is 7.41. The molecule has 0 heterocycles. The van der Waals surface area contributed by atoms with E-state index in [0.29, 0.717) is 17.4 Å². The Morgan fingerprint density at radius 1 is 1.45 bits per heavy atom. The van der Waals surface area contributed by atoms with Crippen molar-refractivity contribution in [2.45, 2.75) is 39.2 Å². The number of carbonyl (C=O) groups excluding carboxylic acids is 1. The van der Waals surface area contributed by atoms with Crippen molar-refractivity contribution in [1.29, 1.82) is 0 Å². The van der Waals surface area contributed by atoms with Crippen LogP contribution in [0.25, 0.3) is 0 Å². The van der Waals surface area contributed by atoms with Crippen LogP contribution in [-0.2, 0) is 4.79 Å². The molecule has 0 saturated heterocycles. The molecule has 3 unspecified atom stereocenters. The molecule has 1 amide bonds. The summed E-state index contributed by atoms with van der Waals surface area (Å²) in [7, 11) is 0. The van der Waals surface area contributed by atoms with Crippen molar-refractivity contribution >= 4 is 11.6 Å². The predicted molar refractivity (Wildman–Crippen MR) is 80.5 cm³/mol. The molecule has 3 atom stereocenters. The van der Waals surface area contributed by atoms with Crippen molar-refractivity contribution in [3.8, 4) is 5.75 Å². The van der Waals surface area contributed by atoms with Gasteiger partial charge in [0.2, 0.25) is 0 Å². The first-order chi connectivity index (χ1) is 9.60. The van der Waals surface area contributed by atoms with Gasteiger partial charge in [-0.3, -0.25) is 4.79 Å². The van der Waals surface area contributed by atoms with E-state index in [1.54, 1.807) is 18.2 Å². The average Bonchev–Trinajstić information content (AvgIpc) is 2.77. The molecule has 4 nitrogen and oxygen atoms in total. The summed E-state index contributed by atoms with van der Waals surface area (Å²) in [6.45, 7) is 4.49. The highest BCUT2D eigenvalue weighted by molar-refractivity contribution is 5.78. The van der Waals surface area contributed by atoms with E-state index in [2.05, 4.69) is 19.2 Å². The zero-order valence-corrected chi connectivity index (χ0v) is 12.3. The van der Waals surface area contributed by atoms with Gasteiger partial charge in [0.25, 0.3) is 5.91 Å². The summed E-state index contributed by atoms with van der Waals surface area (Å²) in [5, 5.41) is 3.08. The number of nitrogen functional groups attached to an aromatic ring is 1. The molecule has 0 bridgehead atoms. The SMILES string of the molecule is CCC1CCC(NC(=O)COc2cccc(N)c2)C1C. The first-order valence-corrected chi connectivity index (χ1v) is 7.38. The normalized spacial score (nSPS) is 25.4. The second-order valence-corrected chi connectivity index (χ2v) is 5.64. The Labute approximate surface area is 120 Å². The minimum absolute atomic E-state index is 0.0451. The molecule has 3 N–H and O–H groups in total. The molecule has 1 saturated carbocycles. The van der Waals surface area contributed by atoms with Crippen LogP contribution in [-0.4, -0.2) is 18.6 Å². The molecule has 1 aromatic rings. The summed E-state index contributed by atoms with van der Waals surface area (Å²) in [4.78, 5) is 11.9. The molecule has 1 aromatic carbocycles. The van der Waals surface area contributed by atoms with E-state index in [1.165, 1.54) is 12.8 Å². The fourth-order valence-electron chi connectivity index (χ4n) is 3.03. The number of benzene rings is 1. The van der Waals surface area contributed by atoms with Crippen LogP contribution in [0.3, 0.4) is 0 Å². The van der Waals surface area contributed by atoms with Crippen LogP contribution in [0.15, 0.2) is 24.3 Å². The fraction of sp³-hybridized carbons (Fsp3) is 0.562. The molecule has 0 aromatic heterocycles. The van der Waals surface area contributed by atoms with E-state index < -0.39 is 0 Å². The smallest absolute Gasteiger partial charge is 0.258 e. The molecule has 2 rings (SSSR count). The van der Waals surface area contributed by atoms with Gasteiger partial charge in [-0.15, -0.1) is 0 Å². The van der Waals surface area contributed by atoms with E-state index in [1.807, 2.05) is 6.07 Å². The number of carbonyl (C=O) groups is 1. The van der Waals surface area contributed by atoms with E-state index in [0.717, 1.165) is 12.3 Å². The van der Waals surface area contributed by atoms with Crippen molar-refractivity contribution in [2.75, 3.05) is 12.3 Å². The standard InChI is InChI=1S/C16H24N2O2/c1-3-12-7-8-15(11(12)2)18-16(19)10-20-14-6-4-5-13(17)9-14/h4-6,9,11-12,15H,3,7-8,10,17H2,1-2H3,(H,18,19). The molecule has 4 heteroatoms. The van der Waals surface area contributed by atoms with Gasteiger partial charge in [0.1, 0.15) is 5.75 Å². The lowest BCUT2D eigenvalue weighted by atomic mass is 9.93. The third-order valence-electron chi connectivity index (χ3n) is 4.33. The zero-order valence-electron chi connectivity index (χ0n) is 12.3. The van der Waals surface area contributed by atoms with E-state index >= 15 is 0 Å². The Hall–Kier alpha value is -1.71. The van der Waals surface area contributed by atoms with Gasteiger partial charge in [0.05, 0.1) is 0 Å². The molecular formula is C16H24N2O2. The minimum atomic E-state index is -0.0546. The molecule has 0 radical (unpaired) electrons. The molecule has 0 spiro atoms. The summed E-state index contributed by atoms with van der Waals surface area (Å²) in [5.74, 6) is 1.86. The Morgan fingerprint density at radius 3 is 2.90 bits per heavy atom. The lowest BCUT2D eigenvalue weighted by Gasteiger charge is -2.21. The number of nitrogens with two attached hydrogens (primary N) is 1. The topological polar surface area (TPSA) is 64.3 Å². The van der Waals surface area contributed by atoms with Crippen molar-refractivity contribution < 1.29 is 9.53 Å². The Kier molecular flexibility index (Phi) is 4.88. The molecule has 1 aliphatic carbocycles. The summed E-state index contributed by atoms with van der Waals surface area (Å²) in [5.41, 5.74) is 6.30. The highest BCUT2D eigenvalue weighted by Crippen LogP contribution is 2.33. The quantitative estimate of drug-likeness (QED) is 0.812. The maximum atomic E-state index is 11.9. The molecule has 0 aliphatic heterocycles. The van der Waals surface area contributed by atoms with Gasteiger partial charge < -0.3 is 15.8 Å². The number of ether oxygens (including phenoxy) is 1. The van der Waals surface area contributed by atoms with Crippen LogP contribution >= 0.6 is 0 Å². The largest absolute Gasteiger partial charge is 0.484 e.